The van der Waals surface area contributed by atoms with Crippen LogP contribution in [0.1, 0.15) is 19.4 Å². The molecule has 0 aliphatic rings. The lowest BCUT2D eigenvalue weighted by Crippen LogP contribution is -2.41. The van der Waals surface area contributed by atoms with Crippen LogP contribution in [0.2, 0.25) is 0 Å². The fourth-order valence-corrected chi connectivity index (χ4v) is 1.95. The van der Waals surface area contributed by atoms with E-state index in [-0.39, 0.29) is 0 Å². The minimum absolute atomic E-state index is 0.560. The molecular formula is C13H24N4. The highest BCUT2D eigenvalue weighted by Crippen LogP contribution is 2.06. The van der Waals surface area contributed by atoms with Crippen LogP contribution < -0.4 is 5.32 Å². The summed E-state index contributed by atoms with van der Waals surface area (Å²) in [6.07, 6.45) is 5.55. The van der Waals surface area contributed by atoms with Gasteiger partial charge < -0.3 is 10.2 Å². The van der Waals surface area contributed by atoms with Gasteiger partial charge in [0.25, 0.3) is 0 Å². The normalized spacial score (nSPS) is 13.3. The van der Waals surface area contributed by atoms with E-state index in [2.05, 4.69) is 49.8 Å². The molecule has 0 amide bonds. The van der Waals surface area contributed by atoms with Gasteiger partial charge in [0.2, 0.25) is 0 Å². The topological polar surface area (TPSA) is 33.1 Å². The summed E-state index contributed by atoms with van der Waals surface area (Å²) in [5.74, 6) is 0.647. The van der Waals surface area contributed by atoms with E-state index in [1.807, 2.05) is 12.4 Å². The lowest BCUT2D eigenvalue weighted by molar-refractivity contribution is 0.224. The molecule has 0 aliphatic heterocycles. The monoisotopic (exact) mass is 236 g/mol. The molecule has 1 unspecified atom stereocenters. The summed E-state index contributed by atoms with van der Waals surface area (Å²) >= 11 is 0. The quantitative estimate of drug-likeness (QED) is 0.781. The van der Waals surface area contributed by atoms with E-state index in [1.54, 1.807) is 10.9 Å². The average molecular weight is 236 g/mol. The van der Waals surface area contributed by atoms with Gasteiger partial charge in [0.05, 0.1) is 6.20 Å². The lowest BCUT2D eigenvalue weighted by atomic mass is 10.0. The Kier molecular flexibility index (Phi) is 5.38. The van der Waals surface area contributed by atoms with Crippen molar-refractivity contribution in [3.63, 3.8) is 0 Å². The zero-order chi connectivity index (χ0) is 12.8. The number of likely N-dealkylation sites (N-methyl/N-ethyl adjacent to an activating group) is 1. The Morgan fingerprint density at radius 1 is 1.53 bits per heavy atom. The fraction of sp³-hybridized carbons (Fsp3) is 0.615. The first-order valence-electron chi connectivity index (χ1n) is 6.07. The smallest absolute Gasteiger partial charge is 0.0538 e. The second kappa shape index (κ2) is 6.57. The molecule has 4 heteroatoms. The molecule has 0 aliphatic carbocycles. The van der Waals surface area contributed by atoms with E-state index < -0.39 is 0 Å². The lowest BCUT2D eigenvalue weighted by Gasteiger charge is -2.28. The number of rotatable bonds is 7. The minimum atomic E-state index is 0.560. The number of hydrogen-bond donors (Lipinski definition) is 1. The van der Waals surface area contributed by atoms with Crippen molar-refractivity contribution in [2.24, 2.45) is 5.92 Å². The summed E-state index contributed by atoms with van der Waals surface area (Å²) in [6.45, 7) is 10.0. The van der Waals surface area contributed by atoms with Crippen LogP contribution >= 0.6 is 0 Å². The van der Waals surface area contributed by atoms with Crippen molar-refractivity contribution in [3.05, 3.63) is 24.5 Å². The Morgan fingerprint density at radius 3 is 2.71 bits per heavy atom. The van der Waals surface area contributed by atoms with Crippen molar-refractivity contribution in [2.45, 2.75) is 26.4 Å². The molecule has 0 saturated carbocycles. The van der Waals surface area contributed by atoms with Gasteiger partial charge in [-0.25, -0.2) is 4.68 Å². The summed E-state index contributed by atoms with van der Waals surface area (Å²) < 4.78 is 1.73. The van der Waals surface area contributed by atoms with Gasteiger partial charge in [-0.3, -0.25) is 0 Å². The van der Waals surface area contributed by atoms with Crippen LogP contribution in [0, 0.1) is 5.92 Å². The van der Waals surface area contributed by atoms with E-state index in [1.165, 1.54) is 5.56 Å². The second-order valence-electron chi connectivity index (χ2n) is 4.92. The zero-order valence-corrected chi connectivity index (χ0v) is 11.3. The van der Waals surface area contributed by atoms with Crippen LogP contribution in [0.5, 0.6) is 0 Å². The minimum Gasteiger partial charge on any atom is -0.311 e. The van der Waals surface area contributed by atoms with Crippen molar-refractivity contribution in [1.82, 2.24) is 20.0 Å². The van der Waals surface area contributed by atoms with E-state index >= 15 is 0 Å². The first-order valence-corrected chi connectivity index (χ1v) is 6.07. The van der Waals surface area contributed by atoms with Crippen LogP contribution in [0.4, 0.5) is 0 Å². The molecule has 0 saturated heterocycles. The molecule has 1 rings (SSSR count). The molecule has 1 heterocycles. The molecule has 0 aromatic carbocycles. The van der Waals surface area contributed by atoms with Crippen molar-refractivity contribution in [2.75, 3.05) is 20.6 Å². The van der Waals surface area contributed by atoms with Crippen molar-refractivity contribution < 1.29 is 0 Å². The highest BCUT2D eigenvalue weighted by atomic mass is 15.2. The summed E-state index contributed by atoms with van der Waals surface area (Å²) in [5.41, 5.74) is 1.19. The third kappa shape index (κ3) is 4.32. The summed E-state index contributed by atoms with van der Waals surface area (Å²) in [4.78, 5) is 2.27. The van der Waals surface area contributed by atoms with E-state index in [0.717, 1.165) is 13.1 Å². The largest absolute Gasteiger partial charge is 0.311 e. The number of nitrogens with zero attached hydrogens (tertiary/aromatic N) is 3. The van der Waals surface area contributed by atoms with Gasteiger partial charge in [-0.15, -0.1) is 0 Å². The molecule has 0 radical (unpaired) electrons. The zero-order valence-electron chi connectivity index (χ0n) is 11.3. The third-order valence-electron chi connectivity index (χ3n) is 2.96. The van der Waals surface area contributed by atoms with Gasteiger partial charge in [-0.2, -0.15) is 5.10 Å². The standard InChI is InChI=1S/C13H24N4/c1-6-17-10-12(8-15-17)7-14-9-13(11(2)3)16(4)5/h6,8,10-11,13-14H,1,7,9H2,2-5H3. The first-order chi connectivity index (χ1) is 8.04. The van der Waals surface area contributed by atoms with Crippen LogP contribution in [0.25, 0.3) is 6.20 Å². The number of nitrogens with one attached hydrogen (secondary N) is 1. The molecule has 17 heavy (non-hydrogen) atoms. The predicted octanol–water partition coefficient (Wildman–Crippen LogP) is 1.66. The van der Waals surface area contributed by atoms with Crippen LogP contribution in [0.15, 0.2) is 19.0 Å². The Balaban J connectivity index is 2.38. The maximum atomic E-state index is 4.15. The first kappa shape index (κ1) is 13.9. The third-order valence-corrected chi connectivity index (χ3v) is 2.96. The Morgan fingerprint density at radius 2 is 2.24 bits per heavy atom. The molecule has 1 N–H and O–H groups in total. The molecule has 4 nitrogen and oxygen atoms in total. The van der Waals surface area contributed by atoms with E-state index in [4.69, 9.17) is 0 Å². The SMILES string of the molecule is C=Cn1cc(CNCC(C(C)C)N(C)C)cn1. The molecule has 0 fully saturated rings. The molecule has 1 aromatic rings. The van der Waals surface area contributed by atoms with Crippen LogP contribution in [-0.4, -0.2) is 41.4 Å². The van der Waals surface area contributed by atoms with Crippen molar-refractivity contribution >= 4 is 6.20 Å². The van der Waals surface area contributed by atoms with Gasteiger partial charge in [0, 0.05) is 37.1 Å². The molecule has 96 valence electrons. The maximum Gasteiger partial charge on any atom is 0.0538 e. The fourth-order valence-electron chi connectivity index (χ4n) is 1.95. The Hall–Kier alpha value is -1.13. The molecule has 0 bridgehead atoms. The van der Waals surface area contributed by atoms with Gasteiger partial charge in [0.15, 0.2) is 0 Å². The predicted molar refractivity (Wildman–Crippen MR) is 72.6 cm³/mol. The molecule has 1 aromatic heterocycles. The molecular weight excluding hydrogens is 212 g/mol. The second-order valence-corrected chi connectivity index (χ2v) is 4.92. The number of hydrogen-bond acceptors (Lipinski definition) is 3. The van der Waals surface area contributed by atoms with Gasteiger partial charge >= 0.3 is 0 Å². The van der Waals surface area contributed by atoms with Crippen molar-refractivity contribution in [3.8, 4) is 0 Å². The van der Waals surface area contributed by atoms with Crippen LogP contribution in [-0.2, 0) is 6.54 Å². The highest BCUT2D eigenvalue weighted by molar-refractivity contribution is 5.17. The van der Waals surface area contributed by atoms with E-state index in [9.17, 15) is 0 Å². The van der Waals surface area contributed by atoms with Crippen molar-refractivity contribution in [1.29, 1.82) is 0 Å². The van der Waals surface area contributed by atoms with Gasteiger partial charge in [-0.1, -0.05) is 20.4 Å². The number of aromatic nitrogens is 2. The molecule has 0 spiro atoms. The molecule has 1 atom stereocenters. The maximum absolute atomic E-state index is 4.15. The Bertz CT molecular complexity index is 333. The summed E-state index contributed by atoms with van der Waals surface area (Å²) in [7, 11) is 4.25. The van der Waals surface area contributed by atoms with Gasteiger partial charge in [0.1, 0.15) is 0 Å². The average Bonchev–Trinajstić information content (AvgIpc) is 2.71. The summed E-state index contributed by atoms with van der Waals surface area (Å²) in [6, 6.07) is 0.560. The Labute approximate surface area is 104 Å². The van der Waals surface area contributed by atoms with E-state index in [0.29, 0.717) is 12.0 Å². The van der Waals surface area contributed by atoms with Crippen LogP contribution in [0.3, 0.4) is 0 Å². The highest BCUT2D eigenvalue weighted by Gasteiger charge is 2.14. The van der Waals surface area contributed by atoms with Gasteiger partial charge in [-0.05, 0) is 20.0 Å². The summed E-state index contributed by atoms with van der Waals surface area (Å²) in [5, 5.41) is 7.62.